The first-order chi connectivity index (χ1) is 22.3. The lowest BCUT2D eigenvalue weighted by Gasteiger charge is -2.40. The van der Waals surface area contributed by atoms with Gasteiger partial charge in [-0.25, -0.2) is 4.79 Å². The highest BCUT2D eigenvalue weighted by Crippen LogP contribution is 2.36. The summed E-state index contributed by atoms with van der Waals surface area (Å²) in [5.41, 5.74) is 0.725. The highest BCUT2D eigenvalue weighted by atomic mass is 16.3. The van der Waals surface area contributed by atoms with E-state index in [1.807, 2.05) is 45.2 Å². The Balaban J connectivity index is 1.12. The second kappa shape index (κ2) is 14.8. The minimum atomic E-state index is -0.645. The van der Waals surface area contributed by atoms with Crippen molar-refractivity contribution in [2.24, 2.45) is 0 Å². The van der Waals surface area contributed by atoms with Gasteiger partial charge in [0.15, 0.2) is 0 Å². The summed E-state index contributed by atoms with van der Waals surface area (Å²) in [7, 11) is 5.32. The van der Waals surface area contributed by atoms with E-state index in [-0.39, 0.29) is 59.1 Å². The first-order valence-electron chi connectivity index (χ1n) is 17.1. The van der Waals surface area contributed by atoms with E-state index in [1.165, 1.54) is 0 Å². The van der Waals surface area contributed by atoms with E-state index < -0.39 is 12.1 Å². The van der Waals surface area contributed by atoms with Gasteiger partial charge < -0.3 is 30.1 Å². The number of para-hydroxylation sites is 1. The highest BCUT2D eigenvalue weighted by molar-refractivity contribution is 5.97. The summed E-state index contributed by atoms with van der Waals surface area (Å²) in [4.78, 5) is 59.6. The Morgan fingerprint density at radius 1 is 1.02 bits per heavy atom. The minimum Gasteiger partial charge on any atom is -0.390 e. The van der Waals surface area contributed by atoms with Gasteiger partial charge in [-0.3, -0.25) is 24.2 Å². The molecular weight excluding hydrogens is 598 g/mol. The number of piperidine rings is 1. The predicted molar refractivity (Wildman–Crippen MR) is 183 cm³/mol. The number of aliphatic hydroxyl groups excluding tert-OH is 1. The van der Waals surface area contributed by atoms with Crippen molar-refractivity contribution in [3.8, 4) is 0 Å². The molecule has 3 amide bonds. The lowest BCUT2D eigenvalue weighted by Crippen LogP contribution is -2.54. The first kappa shape index (κ1) is 35.0. The van der Waals surface area contributed by atoms with Crippen molar-refractivity contribution in [2.45, 2.75) is 95.2 Å². The number of nitrogens with one attached hydrogen (secondary N) is 2. The number of urea groups is 1. The second-order valence-electron chi connectivity index (χ2n) is 14.3. The molecule has 12 heteroatoms. The molecule has 2 aromatic rings. The van der Waals surface area contributed by atoms with Crippen molar-refractivity contribution in [1.82, 2.24) is 34.8 Å². The van der Waals surface area contributed by atoms with Gasteiger partial charge in [0.25, 0.3) is 11.5 Å². The van der Waals surface area contributed by atoms with Crippen LogP contribution in [0.15, 0.2) is 35.1 Å². The van der Waals surface area contributed by atoms with Crippen LogP contribution in [-0.2, 0) is 4.79 Å². The SMILES string of the molecule is CC(=O)C(CN1CC[C@H](N(C)C(=O)N(C)C)C1)NCC(O)CN1[C@H]2CC[C@H]1CC(NC(=O)c1cc3ccccc3n(C(C)C)c1=O)C2. The van der Waals surface area contributed by atoms with Crippen molar-refractivity contribution in [1.29, 1.82) is 0 Å². The Morgan fingerprint density at radius 3 is 2.34 bits per heavy atom. The number of nitrogens with zero attached hydrogens (tertiary/aromatic N) is 5. The number of likely N-dealkylation sites (N-methyl/N-ethyl adjacent to an activating group) is 1. The number of ketones is 1. The van der Waals surface area contributed by atoms with Gasteiger partial charge >= 0.3 is 6.03 Å². The van der Waals surface area contributed by atoms with E-state index >= 15 is 0 Å². The zero-order chi connectivity index (χ0) is 34.0. The molecule has 2 bridgehead atoms. The number of carbonyl (C=O) groups excluding carboxylic acids is 3. The fraction of sp³-hybridized carbons (Fsp3) is 0.657. The van der Waals surface area contributed by atoms with Crippen LogP contribution < -0.4 is 16.2 Å². The molecule has 0 aliphatic carbocycles. The molecule has 3 fully saturated rings. The summed E-state index contributed by atoms with van der Waals surface area (Å²) in [6.07, 6.45) is 3.76. The van der Waals surface area contributed by atoms with Crippen LogP contribution in [-0.4, -0.2) is 137 Å². The zero-order valence-electron chi connectivity index (χ0n) is 28.8. The average Bonchev–Trinajstić information content (AvgIpc) is 3.58. The summed E-state index contributed by atoms with van der Waals surface area (Å²) in [6.45, 7) is 8.36. The van der Waals surface area contributed by atoms with Gasteiger partial charge in [0.05, 0.1) is 17.7 Å². The molecule has 4 heterocycles. The number of hydrogen-bond acceptors (Lipinski definition) is 8. The summed E-state index contributed by atoms with van der Waals surface area (Å²) < 4.78 is 1.69. The third kappa shape index (κ3) is 7.88. The van der Waals surface area contributed by atoms with E-state index in [2.05, 4.69) is 20.4 Å². The molecule has 0 spiro atoms. The number of hydrogen-bond donors (Lipinski definition) is 3. The van der Waals surface area contributed by atoms with Crippen LogP contribution >= 0.6 is 0 Å². The van der Waals surface area contributed by atoms with Crippen LogP contribution in [0.25, 0.3) is 10.9 Å². The van der Waals surface area contributed by atoms with Crippen LogP contribution in [0, 0.1) is 0 Å². The van der Waals surface area contributed by atoms with Gasteiger partial charge in [-0.05, 0) is 70.4 Å². The Labute approximate surface area is 278 Å². The number of rotatable bonds is 12. The van der Waals surface area contributed by atoms with E-state index in [1.54, 1.807) is 41.5 Å². The van der Waals surface area contributed by atoms with Crippen molar-refractivity contribution in [2.75, 3.05) is 53.9 Å². The Kier molecular flexibility index (Phi) is 11.1. The third-order valence-electron chi connectivity index (χ3n) is 10.4. The monoisotopic (exact) mass is 651 g/mol. The maximum atomic E-state index is 13.4. The largest absolute Gasteiger partial charge is 0.390 e. The molecule has 2 unspecified atom stereocenters. The molecule has 5 atom stereocenters. The van der Waals surface area contributed by atoms with Gasteiger partial charge in [0.1, 0.15) is 11.3 Å². The summed E-state index contributed by atoms with van der Waals surface area (Å²) in [5.74, 6) is -0.297. The smallest absolute Gasteiger partial charge is 0.319 e. The molecule has 258 valence electrons. The van der Waals surface area contributed by atoms with Crippen molar-refractivity contribution >= 4 is 28.6 Å². The Morgan fingerprint density at radius 2 is 1.70 bits per heavy atom. The van der Waals surface area contributed by atoms with E-state index in [0.29, 0.717) is 26.2 Å². The van der Waals surface area contributed by atoms with Gasteiger partial charge in [-0.2, -0.15) is 0 Å². The molecule has 12 nitrogen and oxygen atoms in total. The number of pyridine rings is 1. The molecule has 3 aliphatic rings. The quantitative estimate of drug-likeness (QED) is 0.318. The number of likely N-dealkylation sites (tertiary alicyclic amines) is 1. The van der Waals surface area contributed by atoms with E-state index in [0.717, 1.165) is 49.6 Å². The van der Waals surface area contributed by atoms with Crippen LogP contribution in [0.5, 0.6) is 0 Å². The molecule has 0 radical (unpaired) electrons. The van der Waals surface area contributed by atoms with Gasteiger partial charge in [0, 0.05) is 84.1 Å². The van der Waals surface area contributed by atoms with Crippen LogP contribution in [0.3, 0.4) is 0 Å². The fourth-order valence-corrected chi connectivity index (χ4v) is 7.86. The number of carbonyl (C=O) groups is 3. The molecule has 3 saturated heterocycles. The van der Waals surface area contributed by atoms with Crippen LogP contribution in [0.2, 0.25) is 0 Å². The number of benzene rings is 1. The van der Waals surface area contributed by atoms with Crippen LogP contribution in [0.4, 0.5) is 4.79 Å². The number of fused-ring (bicyclic) bond motifs is 3. The van der Waals surface area contributed by atoms with Crippen LogP contribution in [0.1, 0.15) is 69.3 Å². The number of aromatic nitrogens is 1. The lowest BCUT2D eigenvalue weighted by atomic mass is 9.96. The predicted octanol–water partition coefficient (Wildman–Crippen LogP) is 1.90. The molecule has 1 aromatic carbocycles. The summed E-state index contributed by atoms with van der Waals surface area (Å²) in [6, 6.07) is 9.42. The minimum absolute atomic E-state index is 0.0255. The maximum Gasteiger partial charge on any atom is 0.319 e. The zero-order valence-corrected chi connectivity index (χ0v) is 28.8. The molecule has 3 N–H and O–H groups in total. The van der Waals surface area contributed by atoms with Gasteiger partial charge in [-0.15, -0.1) is 0 Å². The van der Waals surface area contributed by atoms with E-state index in [4.69, 9.17) is 0 Å². The Hall–Kier alpha value is -3.32. The lowest BCUT2D eigenvalue weighted by molar-refractivity contribution is -0.119. The topological polar surface area (TPSA) is 130 Å². The van der Waals surface area contributed by atoms with E-state index in [9.17, 15) is 24.3 Å². The van der Waals surface area contributed by atoms with Crippen molar-refractivity contribution in [3.63, 3.8) is 0 Å². The first-order valence-corrected chi connectivity index (χ1v) is 17.1. The number of Topliss-reactive ketones (excluding diaryl/α,β-unsaturated/α-hetero) is 1. The normalized spacial score (nSPS) is 24.4. The van der Waals surface area contributed by atoms with Gasteiger partial charge in [0.2, 0.25) is 0 Å². The molecule has 0 saturated carbocycles. The molecule has 5 rings (SSSR count). The molecule has 3 aliphatic heterocycles. The third-order valence-corrected chi connectivity index (χ3v) is 10.4. The number of amides is 3. The van der Waals surface area contributed by atoms with Crippen molar-refractivity contribution in [3.05, 3.63) is 46.2 Å². The molecule has 47 heavy (non-hydrogen) atoms. The maximum absolute atomic E-state index is 13.4. The van der Waals surface area contributed by atoms with Gasteiger partial charge in [-0.1, -0.05) is 18.2 Å². The highest BCUT2D eigenvalue weighted by Gasteiger charge is 2.42. The molecule has 1 aromatic heterocycles. The van der Waals surface area contributed by atoms with Crippen molar-refractivity contribution < 1.29 is 19.5 Å². The average molecular weight is 652 g/mol. The second-order valence-corrected chi connectivity index (χ2v) is 14.3. The summed E-state index contributed by atoms with van der Waals surface area (Å²) in [5, 5.41) is 18.4. The fourth-order valence-electron chi connectivity index (χ4n) is 7.86. The molecular formula is C35H53N7O5. The number of aliphatic hydroxyl groups is 1. The Bertz CT molecular complexity index is 1490. The summed E-state index contributed by atoms with van der Waals surface area (Å²) >= 11 is 0. The standard InChI is InChI=1S/C35H53N7O5/c1-22(2)42-32-10-8-7-9-24(32)15-30(34(42)46)33(45)37-25-16-26-11-12-27(17-25)41(26)20-29(44)18-36-31(23(3)43)21-40-14-13-28(19-40)39(6)35(47)38(4)5/h7-10,15,22,25-29,31,36,44H,11-14,16-21H2,1-6H3,(H,37,45)/t26-,27-,28-,29?,31?/m0/s1.